The fourth-order valence-corrected chi connectivity index (χ4v) is 4.00. The summed E-state index contributed by atoms with van der Waals surface area (Å²) in [5, 5.41) is 12.8. The number of hydrogen-bond acceptors (Lipinski definition) is 3. The molecular formula is C22H28N2O3. The van der Waals surface area contributed by atoms with Gasteiger partial charge in [0.1, 0.15) is 5.75 Å². The molecular weight excluding hydrogens is 340 g/mol. The number of para-hydroxylation sites is 1. The van der Waals surface area contributed by atoms with E-state index in [4.69, 9.17) is 4.74 Å². The van der Waals surface area contributed by atoms with Gasteiger partial charge in [0.25, 0.3) is 0 Å². The molecule has 3 atom stereocenters. The van der Waals surface area contributed by atoms with Crippen LogP contribution >= 0.6 is 0 Å². The minimum atomic E-state index is -0.198. The highest BCUT2D eigenvalue weighted by Crippen LogP contribution is 2.41. The van der Waals surface area contributed by atoms with Gasteiger partial charge in [-0.3, -0.25) is 0 Å². The van der Waals surface area contributed by atoms with Crippen molar-refractivity contribution in [3.8, 4) is 16.9 Å². The maximum atomic E-state index is 12.4. The van der Waals surface area contributed by atoms with E-state index in [1.807, 2.05) is 45.0 Å². The lowest BCUT2D eigenvalue weighted by atomic mass is 9.76. The first-order valence-electron chi connectivity index (χ1n) is 9.41. The van der Waals surface area contributed by atoms with Gasteiger partial charge < -0.3 is 20.1 Å². The molecule has 1 aliphatic heterocycles. The fourth-order valence-electron chi connectivity index (χ4n) is 4.00. The first-order chi connectivity index (χ1) is 13.0. The predicted octanol–water partition coefficient (Wildman–Crippen LogP) is 3.63. The number of methoxy groups -OCH3 is 1. The van der Waals surface area contributed by atoms with Crippen molar-refractivity contribution in [2.24, 2.45) is 0 Å². The molecule has 5 heteroatoms. The zero-order valence-corrected chi connectivity index (χ0v) is 16.3. The van der Waals surface area contributed by atoms with Crippen LogP contribution in [0.1, 0.15) is 32.3 Å². The lowest BCUT2D eigenvalue weighted by Crippen LogP contribution is -2.67. The van der Waals surface area contributed by atoms with E-state index in [1.54, 1.807) is 12.0 Å². The zero-order chi connectivity index (χ0) is 19.6. The van der Waals surface area contributed by atoms with E-state index in [1.165, 1.54) is 0 Å². The average Bonchev–Trinajstić information content (AvgIpc) is 2.65. The Morgan fingerprint density at radius 1 is 1.19 bits per heavy atom. The molecule has 1 heterocycles. The molecule has 0 bridgehead atoms. The Kier molecular flexibility index (Phi) is 5.71. The van der Waals surface area contributed by atoms with Gasteiger partial charge in [-0.1, -0.05) is 42.5 Å². The topological polar surface area (TPSA) is 61.8 Å². The van der Waals surface area contributed by atoms with Crippen LogP contribution < -0.4 is 10.1 Å². The quantitative estimate of drug-likeness (QED) is 0.847. The number of hydrogen-bond donors (Lipinski definition) is 2. The van der Waals surface area contributed by atoms with E-state index in [9.17, 15) is 9.90 Å². The summed E-state index contributed by atoms with van der Waals surface area (Å²) < 4.78 is 5.45. The molecule has 1 fully saturated rings. The summed E-state index contributed by atoms with van der Waals surface area (Å²) in [5.74, 6) is 0.964. The lowest BCUT2D eigenvalue weighted by molar-refractivity contribution is 0.000122. The van der Waals surface area contributed by atoms with Crippen LogP contribution in [0.25, 0.3) is 11.1 Å². The fraction of sp³-hybridized carbons (Fsp3) is 0.409. The second-order valence-electron chi connectivity index (χ2n) is 7.35. The Morgan fingerprint density at radius 3 is 2.44 bits per heavy atom. The van der Waals surface area contributed by atoms with Crippen molar-refractivity contribution >= 4 is 6.03 Å². The van der Waals surface area contributed by atoms with Crippen LogP contribution in [0.2, 0.25) is 0 Å². The third-order valence-corrected chi connectivity index (χ3v) is 5.28. The van der Waals surface area contributed by atoms with Crippen molar-refractivity contribution in [2.75, 3.05) is 13.7 Å². The van der Waals surface area contributed by atoms with Gasteiger partial charge in [-0.05, 0) is 38.0 Å². The largest absolute Gasteiger partial charge is 0.496 e. The summed E-state index contributed by atoms with van der Waals surface area (Å²) >= 11 is 0. The molecule has 1 aliphatic rings. The van der Waals surface area contributed by atoms with E-state index >= 15 is 0 Å². The van der Waals surface area contributed by atoms with Gasteiger partial charge in [-0.15, -0.1) is 0 Å². The van der Waals surface area contributed by atoms with E-state index in [-0.39, 0.29) is 36.7 Å². The van der Waals surface area contributed by atoms with Crippen LogP contribution in [-0.2, 0) is 0 Å². The zero-order valence-electron chi connectivity index (χ0n) is 16.3. The number of aliphatic hydroxyl groups is 1. The normalized spacial score (nSPS) is 21.7. The molecule has 2 amide bonds. The van der Waals surface area contributed by atoms with Gasteiger partial charge >= 0.3 is 6.03 Å². The van der Waals surface area contributed by atoms with Crippen molar-refractivity contribution in [2.45, 2.75) is 44.8 Å². The number of aliphatic hydroxyl groups excluding tert-OH is 1. The predicted molar refractivity (Wildman–Crippen MR) is 107 cm³/mol. The first-order valence-corrected chi connectivity index (χ1v) is 9.41. The summed E-state index contributed by atoms with van der Waals surface area (Å²) in [6.07, 6.45) is 0. The summed E-state index contributed by atoms with van der Waals surface area (Å²) in [7, 11) is 1.67. The van der Waals surface area contributed by atoms with Crippen LogP contribution in [0, 0.1) is 0 Å². The van der Waals surface area contributed by atoms with Gasteiger partial charge in [0.05, 0.1) is 19.8 Å². The molecule has 3 rings (SSSR count). The molecule has 0 aromatic heterocycles. The molecule has 2 N–H and O–H groups in total. The van der Waals surface area contributed by atoms with Crippen LogP contribution in [0.4, 0.5) is 4.79 Å². The standard InChI is InChI=1S/C22H28N2O3/c1-14(2)23-22(26)24-15(3)21(19(24)13-25)17-11-9-16(10-12-17)18-7-5-6-8-20(18)27-4/h5-12,14-15,19,21,25H,13H2,1-4H3,(H,23,26)/t15-,19+,21-/m0/s1. The molecule has 0 aliphatic carbocycles. The highest BCUT2D eigenvalue weighted by Gasteiger charge is 2.48. The Bertz CT molecular complexity index is 788. The van der Waals surface area contributed by atoms with Gasteiger partial charge in [-0.25, -0.2) is 4.79 Å². The van der Waals surface area contributed by atoms with Crippen molar-refractivity contribution in [3.63, 3.8) is 0 Å². The molecule has 5 nitrogen and oxygen atoms in total. The number of urea groups is 1. The number of likely N-dealkylation sites (tertiary alicyclic amines) is 1. The second-order valence-corrected chi connectivity index (χ2v) is 7.35. The maximum absolute atomic E-state index is 12.4. The molecule has 0 spiro atoms. The summed E-state index contributed by atoms with van der Waals surface area (Å²) in [6, 6.07) is 16.1. The first kappa shape index (κ1) is 19.2. The van der Waals surface area contributed by atoms with Crippen molar-refractivity contribution in [1.82, 2.24) is 10.2 Å². The Labute approximate surface area is 161 Å². The third kappa shape index (κ3) is 3.65. The van der Waals surface area contributed by atoms with Crippen molar-refractivity contribution in [3.05, 3.63) is 54.1 Å². The van der Waals surface area contributed by atoms with Gasteiger partial charge in [0.15, 0.2) is 0 Å². The summed E-state index contributed by atoms with van der Waals surface area (Å²) in [4.78, 5) is 14.1. The number of amides is 2. The SMILES string of the molecule is COc1ccccc1-c1ccc([C@H]2[C@@H](CO)N(C(=O)NC(C)C)[C@H]2C)cc1. The molecule has 27 heavy (non-hydrogen) atoms. The molecule has 144 valence electrons. The lowest BCUT2D eigenvalue weighted by Gasteiger charge is -2.53. The Hall–Kier alpha value is -2.53. The number of benzene rings is 2. The number of nitrogens with zero attached hydrogens (tertiary/aromatic N) is 1. The second kappa shape index (κ2) is 8.01. The van der Waals surface area contributed by atoms with E-state index < -0.39 is 0 Å². The minimum absolute atomic E-state index is 0.0398. The molecule has 2 aromatic rings. The molecule has 0 unspecified atom stereocenters. The monoisotopic (exact) mass is 368 g/mol. The van der Waals surface area contributed by atoms with Crippen LogP contribution in [0.15, 0.2) is 48.5 Å². The number of nitrogens with one attached hydrogen (secondary N) is 1. The van der Waals surface area contributed by atoms with E-state index in [2.05, 4.69) is 29.6 Å². The van der Waals surface area contributed by atoms with E-state index in [0.29, 0.717) is 0 Å². The van der Waals surface area contributed by atoms with Crippen molar-refractivity contribution in [1.29, 1.82) is 0 Å². The third-order valence-electron chi connectivity index (χ3n) is 5.28. The molecule has 0 saturated carbocycles. The van der Waals surface area contributed by atoms with Crippen LogP contribution in [0.5, 0.6) is 5.75 Å². The maximum Gasteiger partial charge on any atom is 0.318 e. The number of carbonyl (C=O) groups is 1. The molecule has 0 radical (unpaired) electrons. The Morgan fingerprint density at radius 2 is 1.85 bits per heavy atom. The summed E-state index contributed by atoms with van der Waals surface area (Å²) in [5.41, 5.74) is 3.26. The average molecular weight is 368 g/mol. The highest BCUT2D eigenvalue weighted by atomic mass is 16.5. The van der Waals surface area contributed by atoms with Crippen molar-refractivity contribution < 1.29 is 14.6 Å². The van der Waals surface area contributed by atoms with Crippen LogP contribution in [-0.4, -0.2) is 47.9 Å². The van der Waals surface area contributed by atoms with Gasteiger partial charge in [-0.2, -0.15) is 0 Å². The van der Waals surface area contributed by atoms with Crippen LogP contribution in [0.3, 0.4) is 0 Å². The van der Waals surface area contributed by atoms with E-state index in [0.717, 1.165) is 22.4 Å². The van der Waals surface area contributed by atoms with Gasteiger partial charge in [0.2, 0.25) is 0 Å². The molecule has 2 aromatic carbocycles. The number of carbonyl (C=O) groups excluding carboxylic acids is 1. The number of rotatable bonds is 5. The molecule has 1 saturated heterocycles. The smallest absolute Gasteiger partial charge is 0.318 e. The Balaban J connectivity index is 1.80. The van der Waals surface area contributed by atoms with Gasteiger partial charge in [0, 0.05) is 23.6 Å². The highest BCUT2D eigenvalue weighted by molar-refractivity contribution is 5.77. The number of ether oxygens (including phenoxy) is 1. The minimum Gasteiger partial charge on any atom is -0.496 e. The summed E-state index contributed by atoms with van der Waals surface area (Å²) in [6.45, 7) is 5.86.